The summed E-state index contributed by atoms with van der Waals surface area (Å²) in [6.07, 6.45) is -3.80. The van der Waals surface area contributed by atoms with E-state index in [-0.39, 0.29) is 29.4 Å². The van der Waals surface area contributed by atoms with Crippen molar-refractivity contribution >= 4 is 54.4 Å². The molecular formula is C37H52O10S2Si. The van der Waals surface area contributed by atoms with E-state index < -0.39 is 84.5 Å². The van der Waals surface area contributed by atoms with Crippen LogP contribution in [-0.4, -0.2) is 95.2 Å². The van der Waals surface area contributed by atoms with Gasteiger partial charge >= 0.3 is 11.9 Å². The lowest BCUT2D eigenvalue weighted by atomic mass is 9.44. The Morgan fingerprint density at radius 2 is 1.70 bits per heavy atom. The zero-order valence-electron chi connectivity index (χ0n) is 30.6. The van der Waals surface area contributed by atoms with Gasteiger partial charge in [-0.15, -0.1) is 0 Å². The van der Waals surface area contributed by atoms with Crippen molar-refractivity contribution in [2.24, 2.45) is 16.7 Å². The molecule has 276 valence electrons. The molecule has 1 saturated heterocycles. The molecule has 0 unspecified atom stereocenters. The lowest BCUT2D eigenvalue weighted by Gasteiger charge is -2.68. The van der Waals surface area contributed by atoms with Gasteiger partial charge in [0.2, 0.25) is 4.38 Å². The highest BCUT2D eigenvalue weighted by Gasteiger charge is 2.78. The highest BCUT2D eigenvalue weighted by molar-refractivity contribution is 8.22. The first-order valence-corrected chi connectivity index (χ1v) is 21.7. The molecule has 4 aliphatic rings. The van der Waals surface area contributed by atoms with E-state index in [0.717, 1.165) is 18.1 Å². The van der Waals surface area contributed by atoms with Gasteiger partial charge in [-0.05, 0) is 73.7 Å². The molecule has 2 bridgehead atoms. The standard InChI is InChI=1S/C37H52O10S2Si/c1-10-50(11-2,12-3)47-25-18-26-36(20-43-26,46-22(5)38)29-31(45-32(41)23-16-14-13-15-17-23)37(42)19-24(39)21(4)27(34(37,6)7)28(44-33(48)49-9)30(40)35(25,29)8/h13-17,24-26,28-29,31,39,42H,10-12,18-20H2,1-9H3/t24-,25-,26+,28+,29-,31-,35+,36-,37+/m0/s1. The number of benzene rings is 1. The van der Waals surface area contributed by atoms with Crippen LogP contribution in [0.2, 0.25) is 18.1 Å². The second kappa shape index (κ2) is 14.0. The highest BCUT2D eigenvalue weighted by atomic mass is 32.2. The summed E-state index contributed by atoms with van der Waals surface area (Å²) in [4.78, 5) is 43.0. The second-order valence-electron chi connectivity index (χ2n) is 15.1. The predicted octanol–water partition coefficient (Wildman–Crippen LogP) is 5.78. The molecule has 0 spiro atoms. The minimum atomic E-state index is -2.45. The van der Waals surface area contributed by atoms with Crippen molar-refractivity contribution in [1.29, 1.82) is 0 Å². The van der Waals surface area contributed by atoms with Crippen molar-refractivity contribution in [3.8, 4) is 0 Å². The van der Waals surface area contributed by atoms with E-state index in [1.165, 1.54) is 18.7 Å². The lowest BCUT2D eigenvalue weighted by molar-refractivity contribution is -0.344. The molecule has 3 aliphatic carbocycles. The summed E-state index contributed by atoms with van der Waals surface area (Å²) in [5.41, 5.74) is -5.31. The number of carbonyl (C=O) groups is 3. The summed E-state index contributed by atoms with van der Waals surface area (Å²) in [6.45, 7) is 14.5. The van der Waals surface area contributed by atoms with Crippen molar-refractivity contribution < 1.29 is 48.0 Å². The fraction of sp³-hybridized carbons (Fsp3) is 0.676. The summed E-state index contributed by atoms with van der Waals surface area (Å²) >= 11 is 6.73. The summed E-state index contributed by atoms with van der Waals surface area (Å²) in [5, 5.41) is 25.0. The van der Waals surface area contributed by atoms with E-state index in [0.29, 0.717) is 11.1 Å². The first-order chi connectivity index (χ1) is 23.4. The van der Waals surface area contributed by atoms with Gasteiger partial charge in [0.15, 0.2) is 25.8 Å². The Morgan fingerprint density at radius 1 is 1.08 bits per heavy atom. The van der Waals surface area contributed by atoms with Gasteiger partial charge in [-0.1, -0.05) is 64.6 Å². The SMILES string of the molecule is CC[Si](CC)(CC)O[C@H]1C[C@H]2OC[C@@]2(OC(C)=O)[C@H]2[C@H](OC(=O)c3ccccc3)[C@]3(O)C[C@H](O)C(C)=C([C@@H](OC(=S)SC)C(=O)[C@]12C)C3(C)C. The van der Waals surface area contributed by atoms with Crippen LogP contribution in [0, 0.1) is 16.7 Å². The number of esters is 2. The number of ketones is 1. The molecule has 1 aromatic carbocycles. The fourth-order valence-electron chi connectivity index (χ4n) is 9.34. The molecule has 9 atom stereocenters. The number of aliphatic hydroxyl groups excluding tert-OH is 1. The average molecular weight is 749 g/mol. The summed E-state index contributed by atoms with van der Waals surface area (Å²) in [7, 11) is -2.45. The Labute approximate surface area is 306 Å². The molecule has 50 heavy (non-hydrogen) atoms. The van der Waals surface area contributed by atoms with Crippen LogP contribution < -0.4 is 0 Å². The van der Waals surface area contributed by atoms with Crippen LogP contribution in [0.4, 0.5) is 0 Å². The molecule has 1 aromatic rings. The Hall–Kier alpha value is -2.13. The number of ether oxygens (including phenoxy) is 4. The van der Waals surface area contributed by atoms with Gasteiger partial charge in [0, 0.05) is 25.2 Å². The van der Waals surface area contributed by atoms with Gasteiger partial charge in [-0.3, -0.25) is 9.59 Å². The third kappa shape index (κ3) is 5.92. The monoisotopic (exact) mass is 748 g/mol. The maximum Gasteiger partial charge on any atom is 0.338 e. The van der Waals surface area contributed by atoms with Crippen molar-refractivity contribution in [2.45, 2.75) is 128 Å². The summed E-state index contributed by atoms with van der Waals surface area (Å²) < 4.78 is 32.7. The number of thioether (sulfide) groups is 1. The number of hydrogen-bond donors (Lipinski definition) is 2. The van der Waals surface area contributed by atoms with E-state index in [1.54, 1.807) is 64.3 Å². The maximum atomic E-state index is 15.8. The number of hydrogen-bond acceptors (Lipinski definition) is 12. The minimum Gasteiger partial charge on any atom is -0.463 e. The number of fused-ring (bicyclic) bond motifs is 5. The van der Waals surface area contributed by atoms with E-state index in [9.17, 15) is 19.8 Å². The van der Waals surface area contributed by atoms with Crippen molar-refractivity contribution in [1.82, 2.24) is 0 Å². The normalized spacial score (nSPS) is 36.2. The molecule has 3 fully saturated rings. The van der Waals surface area contributed by atoms with Crippen LogP contribution in [0.5, 0.6) is 0 Å². The first-order valence-electron chi connectivity index (χ1n) is 17.6. The third-order valence-corrected chi connectivity index (χ3v) is 18.3. The highest BCUT2D eigenvalue weighted by Crippen LogP contribution is 2.65. The average Bonchev–Trinajstić information content (AvgIpc) is 3.08. The van der Waals surface area contributed by atoms with Gasteiger partial charge in [0.25, 0.3) is 0 Å². The molecule has 0 aromatic heterocycles. The van der Waals surface area contributed by atoms with Crippen molar-refractivity contribution in [3.63, 3.8) is 0 Å². The van der Waals surface area contributed by atoms with Crippen molar-refractivity contribution in [3.05, 3.63) is 47.0 Å². The number of carbonyl (C=O) groups excluding carboxylic acids is 3. The quantitative estimate of drug-likeness (QED) is 0.137. The predicted molar refractivity (Wildman–Crippen MR) is 196 cm³/mol. The van der Waals surface area contributed by atoms with Crippen LogP contribution >= 0.6 is 24.0 Å². The van der Waals surface area contributed by atoms with Crippen molar-refractivity contribution in [2.75, 3.05) is 12.9 Å². The van der Waals surface area contributed by atoms with Crippen LogP contribution in [0.25, 0.3) is 0 Å². The molecule has 2 N–H and O–H groups in total. The van der Waals surface area contributed by atoms with Gasteiger partial charge in [0.05, 0.1) is 35.7 Å². The Balaban J connectivity index is 1.88. The number of aliphatic hydroxyl groups is 2. The van der Waals surface area contributed by atoms with E-state index >= 15 is 4.79 Å². The largest absolute Gasteiger partial charge is 0.463 e. The molecule has 1 heterocycles. The minimum absolute atomic E-state index is 0.0929. The molecule has 0 amide bonds. The van der Waals surface area contributed by atoms with Gasteiger partial charge in [-0.25, -0.2) is 4.79 Å². The second-order valence-corrected chi connectivity index (χ2v) is 21.2. The molecule has 0 radical (unpaired) electrons. The molecule has 13 heteroatoms. The van der Waals surface area contributed by atoms with Crippen LogP contribution in [0.15, 0.2) is 41.5 Å². The first kappa shape index (κ1) is 39.1. The Kier molecular flexibility index (Phi) is 11.0. The van der Waals surface area contributed by atoms with Crippen LogP contribution in [0.1, 0.15) is 78.6 Å². The summed E-state index contributed by atoms with van der Waals surface area (Å²) in [6, 6.07) is 10.8. The number of Topliss-reactive ketones (excluding diaryl/α,β-unsaturated/α-hetero) is 1. The molecule has 2 saturated carbocycles. The van der Waals surface area contributed by atoms with Crippen LogP contribution in [-0.2, 0) is 33.0 Å². The zero-order valence-corrected chi connectivity index (χ0v) is 33.2. The molecular weight excluding hydrogens is 697 g/mol. The fourth-order valence-corrected chi connectivity index (χ4v) is 12.6. The maximum absolute atomic E-state index is 15.8. The number of thiocarbonyl (C=S) groups is 1. The molecule has 1 aliphatic heterocycles. The van der Waals surface area contributed by atoms with E-state index in [2.05, 4.69) is 20.8 Å². The van der Waals surface area contributed by atoms with Crippen LogP contribution in [0.3, 0.4) is 0 Å². The van der Waals surface area contributed by atoms with Gasteiger partial charge in [-0.2, -0.15) is 0 Å². The third-order valence-electron chi connectivity index (χ3n) is 12.6. The molecule has 10 nitrogen and oxygen atoms in total. The van der Waals surface area contributed by atoms with Gasteiger partial charge < -0.3 is 33.6 Å². The Bertz CT molecular complexity index is 1540. The smallest absolute Gasteiger partial charge is 0.338 e. The Morgan fingerprint density at radius 3 is 2.22 bits per heavy atom. The number of rotatable bonds is 9. The topological polar surface area (TPSA) is 138 Å². The molecule has 5 rings (SSSR count). The van der Waals surface area contributed by atoms with E-state index in [4.69, 9.17) is 35.6 Å². The zero-order chi connectivity index (χ0) is 37.0. The lowest BCUT2D eigenvalue weighted by Crippen LogP contribution is -2.82. The summed E-state index contributed by atoms with van der Waals surface area (Å²) in [5.74, 6) is -2.93. The van der Waals surface area contributed by atoms with Gasteiger partial charge in [0.1, 0.15) is 17.8 Å². The van der Waals surface area contributed by atoms with E-state index in [1.807, 2.05) is 0 Å².